The fourth-order valence-corrected chi connectivity index (χ4v) is 4.63. The average Bonchev–Trinajstić information content (AvgIpc) is 3.36. The van der Waals surface area contributed by atoms with Crippen LogP contribution in [0.3, 0.4) is 0 Å². The molecule has 0 fully saturated rings. The maximum atomic E-state index is 13.3. The Labute approximate surface area is 238 Å². The van der Waals surface area contributed by atoms with Crippen molar-refractivity contribution in [1.29, 1.82) is 0 Å². The highest BCUT2D eigenvalue weighted by Crippen LogP contribution is 2.19. The first kappa shape index (κ1) is 30.7. The van der Waals surface area contributed by atoms with E-state index in [4.69, 9.17) is 5.73 Å². The fourth-order valence-electron chi connectivity index (χ4n) is 4.37. The second-order valence-corrected chi connectivity index (χ2v) is 10.2. The number of rotatable bonds is 14. The van der Waals surface area contributed by atoms with Crippen molar-refractivity contribution in [2.24, 2.45) is 11.7 Å². The van der Waals surface area contributed by atoms with E-state index in [1.165, 1.54) is 0 Å². The second kappa shape index (κ2) is 14.5. The molecular formula is C29H37N5O5S. The zero-order chi connectivity index (χ0) is 29.2. The summed E-state index contributed by atoms with van der Waals surface area (Å²) in [5.74, 6) is -3.30. The van der Waals surface area contributed by atoms with Gasteiger partial charge < -0.3 is 31.8 Å². The number of aromatic amines is 1. The number of nitrogens with two attached hydrogens (primary N) is 1. The number of para-hydroxylation sites is 1. The summed E-state index contributed by atoms with van der Waals surface area (Å²) in [5.41, 5.74) is 8.59. The molecule has 5 atom stereocenters. The van der Waals surface area contributed by atoms with Crippen LogP contribution in [0.5, 0.6) is 0 Å². The summed E-state index contributed by atoms with van der Waals surface area (Å²) in [6.45, 7) is 3.69. The minimum Gasteiger partial charge on any atom is -0.480 e. The number of thiol groups is 1. The van der Waals surface area contributed by atoms with Crippen LogP contribution in [0.25, 0.3) is 10.9 Å². The molecule has 1 aromatic heterocycles. The van der Waals surface area contributed by atoms with E-state index in [1.807, 2.05) is 68.4 Å². The van der Waals surface area contributed by atoms with Crippen molar-refractivity contribution >= 4 is 47.2 Å². The number of carboxylic acid groups (broad SMARTS) is 1. The Morgan fingerprint density at radius 3 is 2.20 bits per heavy atom. The predicted octanol–water partition coefficient (Wildman–Crippen LogP) is 1.80. The van der Waals surface area contributed by atoms with Crippen molar-refractivity contribution in [3.05, 3.63) is 71.9 Å². The van der Waals surface area contributed by atoms with Gasteiger partial charge in [0.2, 0.25) is 17.7 Å². The van der Waals surface area contributed by atoms with E-state index >= 15 is 0 Å². The molecule has 3 rings (SSSR count). The average molecular weight is 568 g/mol. The van der Waals surface area contributed by atoms with Gasteiger partial charge in [0, 0.05) is 29.3 Å². The Morgan fingerprint density at radius 2 is 1.55 bits per heavy atom. The zero-order valence-corrected chi connectivity index (χ0v) is 23.5. The molecule has 0 bridgehead atoms. The van der Waals surface area contributed by atoms with Crippen molar-refractivity contribution in [3.63, 3.8) is 0 Å². The minimum absolute atomic E-state index is 0.0448. The van der Waals surface area contributed by atoms with Crippen molar-refractivity contribution in [1.82, 2.24) is 20.9 Å². The number of amides is 3. The first-order valence-corrected chi connectivity index (χ1v) is 13.9. The van der Waals surface area contributed by atoms with Crippen LogP contribution in [0.2, 0.25) is 0 Å². The van der Waals surface area contributed by atoms with Crippen molar-refractivity contribution in [2.75, 3.05) is 5.75 Å². The van der Waals surface area contributed by atoms with Crippen molar-refractivity contribution < 1.29 is 24.3 Å². The summed E-state index contributed by atoms with van der Waals surface area (Å²) in [6.07, 6.45) is 2.64. The number of aliphatic carboxylic acids is 1. The second-order valence-electron chi connectivity index (χ2n) is 9.87. The van der Waals surface area contributed by atoms with Gasteiger partial charge in [-0.2, -0.15) is 12.6 Å². The third-order valence-corrected chi connectivity index (χ3v) is 7.32. The molecular weight excluding hydrogens is 530 g/mol. The lowest BCUT2D eigenvalue weighted by molar-refractivity contribution is -0.142. The van der Waals surface area contributed by atoms with Crippen LogP contribution in [-0.2, 0) is 32.0 Å². The lowest BCUT2D eigenvalue weighted by Crippen LogP contribution is -2.59. The van der Waals surface area contributed by atoms with E-state index in [1.54, 1.807) is 6.20 Å². The number of hydrogen-bond donors (Lipinski definition) is 7. The number of carbonyl (C=O) groups is 4. The minimum atomic E-state index is -1.23. The van der Waals surface area contributed by atoms with E-state index < -0.39 is 47.9 Å². The summed E-state index contributed by atoms with van der Waals surface area (Å²) in [4.78, 5) is 54.3. The largest absolute Gasteiger partial charge is 0.480 e. The highest BCUT2D eigenvalue weighted by Gasteiger charge is 2.32. The topological polar surface area (TPSA) is 166 Å². The maximum absolute atomic E-state index is 13.3. The SMILES string of the molecule is CCC(C)C(NC(=O)C(N)Cc1ccccc1)C(=O)NC(CS)C(=O)NC(Cc1c[nH]c2ccccc12)C(=O)O. The van der Waals surface area contributed by atoms with E-state index in [0.29, 0.717) is 12.8 Å². The molecule has 2 aromatic carbocycles. The van der Waals surface area contributed by atoms with Crippen LogP contribution >= 0.6 is 12.6 Å². The molecule has 10 nitrogen and oxygen atoms in total. The Bertz CT molecular complexity index is 1310. The number of carboxylic acids is 1. The van der Waals surface area contributed by atoms with Crippen LogP contribution < -0.4 is 21.7 Å². The van der Waals surface area contributed by atoms with Crippen LogP contribution in [-0.4, -0.2) is 63.7 Å². The summed E-state index contributed by atoms with van der Waals surface area (Å²) in [7, 11) is 0. The molecule has 0 spiro atoms. The van der Waals surface area contributed by atoms with E-state index in [0.717, 1.165) is 22.0 Å². The number of aromatic nitrogens is 1. The van der Waals surface area contributed by atoms with Gasteiger partial charge in [0.15, 0.2) is 0 Å². The van der Waals surface area contributed by atoms with Gasteiger partial charge in [-0.15, -0.1) is 0 Å². The molecule has 5 unspecified atom stereocenters. The molecule has 7 N–H and O–H groups in total. The standard InChI is InChI=1S/C29H37N5O5S/c1-3-17(2)25(34-26(35)21(30)13-18-9-5-4-6-10-18)28(37)33-24(16-40)27(36)32-23(29(38)39)14-19-15-31-22-12-8-7-11-20(19)22/h4-12,15,17,21,23-25,31,40H,3,13-14,16,30H2,1-2H3,(H,32,36)(H,33,37)(H,34,35)(H,38,39). The normalized spacial score (nSPS) is 14.9. The molecule has 0 aliphatic heterocycles. The summed E-state index contributed by atoms with van der Waals surface area (Å²) < 4.78 is 0. The summed E-state index contributed by atoms with van der Waals surface area (Å²) in [5, 5.41) is 18.5. The molecule has 11 heteroatoms. The maximum Gasteiger partial charge on any atom is 0.326 e. The molecule has 0 saturated carbocycles. The molecule has 40 heavy (non-hydrogen) atoms. The number of hydrogen-bond acceptors (Lipinski definition) is 6. The number of nitrogens with one attached hydrogen (secondary N) is 4. The van der Waals surface area contributed by atoms with Crippen LogP contribution in [0, 0.1) is 5.92 Å². The Morgan fingerprint density at radius 1 is 0.900 bits per heavy atom. The third-order valence-electron chi connectivity index (χ3n) is 6.96. The monoisotopic (exact) mass is 567 g/mol. The first-order valence-electron chi connectivity index (χ1n) is 13.2. The van der Waals surface area contributed by atoms with E-state index in [-0.39, 0.29) is 18.1 Å². The highest BCUT2D eigenvalue weighted by atomic mass is 32.1. The van der Waals surface area contributed by atoms with Gasteiger partial charge >= 0.3 is 5.97 Å². The van der Waals surface area contributed by atoms with Gasteiger partial charge in [-0.3, -0.25) is 14.4 Å². The van der Waals surface area contributed by atoms with Gasteiger partial charge in [-0.05, 0) is 29.5 Å². The van der Waals surface area contributed by atoms with Gasteiger partial charge in [-0.25, -0.2) is 4.79 Å². The quantitative estimate of drug-likeness (QED) is 0.147. The molecule has 0 saturated heterocycles. The molecule has 0 aliphatic rings. The highest BCUT2D eigenvalue weighted by molar-refractivity contribution is 7.80. The van der Waals surface area contributed by atoms with Crippen LogP contribution in [0.1, 0.15) is 31.4 Å². The number of fused-ring (bicyclic) bond motifs is 1. The fraction of sp³-hybridized carbons (Fsp3) is 0.379. The van der Waals surface area contributed by atoms with Crippen LogP contribution in [0.15, 0.2) is 60.8 Å². The predicted molar refractivity (Wildman–Crippen MR) is 157 cm³/mol. The van der Waals surface area contributed by atoms with Gasteiger partial charge in [-0.1, -0.05) is 68.8 Å². The smallest absolute Gasteiger partial charge is 0.326 e. The van der Waals surface area contributed by atoms with Gasteiger partial charge in [0.05, 0.1) is 6.04 Å². The van der Waals surface area contributed by atoms with Crippen molar-refractivity contribution in [3.8, 4) is 0 Å². The first-order chi connectivity index (χ1) is 19.1. The number of carbonyl (C=O) groups excluding carboxylic acids is 3. The third kappa shape index (κ3) is 8.09. The van der Waals surface area contributed by atoms with Gasteiger partial charge in [0.1, 0.15) is 18.1 Å². The Hall–Kier alpha value is -3.83. The van der Waals surface area contributed by atoms with E-state index in [2.05, 4.69) is 33.6 Å². The Kier molecular flexibility index (Phi) is 11.2. The molecule has 3 amide bonds. The van der Waals surface area contributed by atoms with Gasteiger partial charge in [0.25, 0.3) is 0 Å². The molecule has 1 heterocycles. The number of benzene rings is 2. The number of H-pyrrole nitrogens is 1. The summed E-state index contributed by atoms with van der Waals surface area (Å²) >= 11 is 4.21. The molecule has 0 aliphatic carbocycles. The van der Waals surface area contributed by atoms with E-state index in [9.17, 15) is 24.3 Å². The Balaban J connectivity index is 1.65. The summed E-state index contributed by atoms with van der Waals surface area (Å²) in [6, 6.07) is 12.6. The van der Waals surface area contributed by atoms with Crippen molar-refractivity contribution in [2.45, 2.75) is 57.3 Å². The molecule has 214 valence electrons. The zero-order valence-electron chi connectivity index (χ0n) is 22.6. The molecule has 3 aromatic rings. The lowest BCUT2D eigenvalue weighted by Gasteiger charge is -2.27. The van der Waals surface area contributed by atoms with Crippen LogP contribution in [0.4, 0.5) is 0 Å². The molecule has 0 radical (unpaired) electrons. The lowest BCUT2D eigenvalue weighted by atomic mass is 9.97.